The maximum absolute atomic E-state index is 10.6. The summed E-state index contributed by atoms with van der Waals surface area (Å²) in [5, 5.41) is 27.1. The fourth-order valence-corrected chi connectivity index (χ4v) is 2.58. The molecule has 2 aromatic rings. The van der Waals surface area contributed by atoms with Gasteiger partial charge >= 0.3 is 0 Å². The van der Waals surface area contributed by atoms with Gasteiger partial charge in [-0.1, -0.05) is 6.07 Å². The van der Waals surface area contributed by atoms with Crippen molar-refractivity contribution >= 4 is 23.0 Å². The summed E-state index contributed by atoms with van der Waals surface area (Å²) in [7, 11) is 0. The Kier molecular flexibility index (Phi) is 5.49. The number of aliphatic hydroxyl groups is 1. The minimum atomic E-state index is -0.832. The quantitative estimate of drug-likeness (QED) is 0.400. The monoisotopic (exact) mass is 375 g/mol. The molecule has 26 heavy (non-hydrogen) atoms. The minimum Gasteiger partial charge on any atom is -0.454 e. The zero-order valence-electron chi connectivity index (χ0n) is 13.7. The third-order valence-electron chi connectivity index (χ3n) is 3.83. The van der Waals surface area contributed by atoms with Gasteiger partial charge in [0.05, 0.1) is 11.0 Å². The summed E-state index contributed by atoms with van der Waals surface area (Å²) in [6.07, 6.45) is -0.832. The smallest absolute Gasteiger partial charge is 0.269 e. The van der Waals surface area contributed by atoms with E-state index in [1.54, 1.807) is 0 Å². The highest BCUT2D eigenvalue weighted by atomic mass is 32.1. The van der Waals surface area contributed by atoms with E-state index in [0.29, 0.717) is 23.0 Å². The van der Waals surface area contributed by atoms with E-state index in [0.717, 1.165) is 11.3 Å². The highest BCUT2D eigenvalue weighted by molar-refractivity contribution is 7.80. The first-order valence-electron chi connectivity index (χ1n) is 7.85. The maximum Gasteiger partial charge on any atom is 0.269 e. The van der Waals surface area contributed by atoms with Crippen molar-refractivity contribution in [2.24, 2.45) is 0 Å². The Bertz CT molecular complexity index is 813. The van der Waals surface area contributed by atoms with Crippen molar-refractivity contribution in [3.8, 4) is 11.5 Å². The molecule has 3 N–H and O–H groups in total. The van der Waals surface area contributed by atoms with Gasteiger partial charge in [-0.25, -0.2) is 0 Å². The van der Waals surface area contributed by atoms with Gasteiger partial charge in [0, 0.05) is 25.2 Å². The number of ether oxygens (including phenoxy) is 2. The topological polar surface area (TPSA) is 106 Å². The molecule has 0 spiro atoms. The maximum atomic E-state index is 10.6. The number of hydrogen-bond acceptors (Lipinski definition) is 6. The third kappa shape index (κ3) is 4.38. The van der Waals surface area contributed by atoms with Crippen LogP contribution in [0.1, 0.15) is 17.2 Å². The summed E-state index contributed by atoms with van der Waals surface area (Å²) in [5.41, 5.74) is 1.53. The lowest BCUT2D eigenvalue weighted by Gasteiger charge is -2.15. The summed E-state index contributed by atoms with van der Waals surface area (Å²) in [4.78, 5) is 10.2. The zero-order valence-corrected chi connectivity index (χ0v) is 14.5. The summed E-state index contributed by atoms with van der Waals surface area (Å²) >= 11 is 5.20. The Balaban J connectivity index is 1.45. The van der Waals surface area contributed by atoms with Gasteiger partial charge in [0.15, 0.2) is 16.6 Å². The molecule has 8 nitrogen and oxygen atoms in total. The van der Waals surface area contributed by atoms with E-state index in [1.807, 2.05) is 18.2 Å². The van der Waals surface area contributed by atoms with Gasteiger partial charge in [-0.05, 0) is 47.6 Å². The van der Waals surface area contributed by atoms with E-state index in [1.165, 1.54) is 24.3 Å². The molecule has 0 unspecified atom stereocenters. The first-order chi connectivity index (χ1) is 12.5. The van der Waals surface area contributed by atoms with Crippen LogP contribution in [0.2, 0.25) is 0 Å². The van der Waals surface area contributed by atoms with Crippen LogP contribution in [-0.4, -0.2) is 28.5 Å². The number of fused-ring (bicyclic) bond motifs is 1. The van der Waals surface area contributed by atoms with Gasteiger partial charge in [-0.2, -0.15) is 0 Å². The fraction of sp³-hybridized carbons (Fsp3) is 0.235. The molecular weight excluding hydrogens is 358 g/mol. The van der Waals surface area contributed by atoms with Gasteiger partial charge in [-0.3, -0.25) is 10.1 Å². The molecule has 0 bridgehead atoms. The molecule has 9 heteroatoms. The summed E-state index contributed by atoms with van der Waals surface area (Å²) in [6.45, 7) is 0.910. The second kappa shape index (κ2) is 7.98. The van der Waals surface area contributed by atoms with Crippen molar-refractivity contribution in [3.05, 3.63) is 63.7 Å². The predicted molar refractivity (Wildman–Crippen MR) is 98.1 cm³/mol. The van der Waals surface area contributed by atoms with E-state index in [-0.39, 0.29) is 19.0 Å². The lowest BCUT2D eigenvalue weighted by atomic mass is 10.1. The van der Waals surface area contributed by atoms with Crippen LogP contribution in [0.5, 0.6) is 11.5 Å². The molecule has 1 atom stereocenters. The molecule has 0 aromatic heterocycles. The molecule has 1 heterocycles. The lowest BCUT2D eigenvalue weighted by molar-refractivity contribution is -0.384. The van der Waals surface area contributed by atoms with Gasteiger partial charge in [0.2, 0.25) is 6.79 Å². The number of benzene rings is 2. The number of thiocarbonyl (C=S) groups is 1. The molecule has 136 valence electrons. The van der Waals surface area contributed by atoms with Crippen molar-refractivity contribution in [2.75, 3.05) is 13.3 Å². The second-order valence-corrected chi connectivity index (χ2v) is 6.02. The van der Waals surface area contributed by atoms with Crippen molar-refractivity contribution in [1.29, 1.82) is 0 Å². The van der Waals surface area contributed by atoms with Crippen molar-refractivity contribution in [2.45, 2.75) is 12.6 Å². The van der Waals surface area contributed by atoms with Crippen LogP contribution in [0.4, 0.5) is 5.69 Å². The van der Waals surface area contributed by atoms with E-state index < -0.39 is 11.0 Å². The molecule has 1 aliphatic heterocycles. The van der Waals surface area contributed by atoms with Crippen molar-refractivity contribution < 1.29 is 19.5 Å². The molecule has 3 rings (SSSR count). The highest BCUT2D eigenvalue weighted by Gasteiger charge is 2.14. The lowest BCUT2D eigenvalue weighted by Crippen LogP contribution is -2.37. The highest BCUT2D eigenvalue weighted by Crippen LogP contribution is 2.32. The largest absolute Gasteiger partial charge is 0.454 e. The van der Waals surface area contributed by atoms with Gasteiger partial charge in [0.25, 0.3) is 5.69 Å². The first-order valence-corrected chi connectivity index (χ1v) is 8.26. The Morgan fingerprint density at radius 1 is 1.19 bits per heavy atom. The number of aliphatic hydroxyl groups excluding tert-OH is 1. The molecule has 0 fully saturated rings. The van der Waals surface area contributed by atoms with Gasteiger partial charge in [0.1, 0.15) is 0 Å². The van der Waals surface area contributed by atoms with Gasteiger partial charge < -0.3 is 25.2 Å². The van der Waals surface area contributed by atoms with E-state index in [4.69, 9.17) is 21.7 Å². The number of nitrogens with one attached hydrogen (secondary N) is 2. The zero-order chi connectivity index (χ0) is 18.5. The van der Waals surface area contributed by atoms with Crippen LogP contribution in [0.15, 0.2) is 42.5 Å². The molecule has 1 aliphatic rings. The first kappa shape index (κ1) is 17.9. The molecule has 0 saturated carbocycles. The average Bonchev–Trinajstić information content (AvgIpc) is 3.12. The second-order valence-electron chi connectivity index (χ2n) is 5.62. The number of nitro groups is 1. The van der Waals surface area contributed by atoms with Crippen molar-refractivity contribution in [3.63, 3.8) is 0 Å². The summed E-state index contributed by atoms with van der Waals surface area (Å²) < 4.78 is 10.6. The molecule has 0 radical (unpaired) electrons. The SMILES string of the molecule is O=[N+]([O-])c1ccc([C@H](O)CNC(=S)NCc2ccc3c(c2)OCO3)cc1. The van der Waals surface area contributed by atoms with Crippen LogP contribution in [-0.2, 0) is 6.54 Å². The number of rotatable bonds is 6. The Morgan fingerprint density at radius 2 is 1.92 bits per heavy atom. The molecule has 2 aromatic carbocycles. The predicted octanol–water partition coefficient (Wildman–Crippen LogP) is 2.02. The van der Waals surface area contributed by atoms with Crippen LogP contribution in [0.3, 0.4) is 0 Å². The normalized spacial score (nSPS) is 13.1. The number of hydrogen-bond donors (Lipinski definition) is 3. The average molecular weight is 375 g/mol. The Morgan fingerprint density at radius 3 is 2.65 bits per heavy atom. The Labute approximate surface area is 154 Å². The standard InChI is InChI=1S/C17H17N3O5S/c21-14(12-2-4-13(5-3-12)20(22)23)9-19-17(26)18-8-11-1-6-15-16(7-11)25-10-24-15/h1-7,14,21H,8-10H2,(H2,18,19,26)/t14-/m1/s1. The molecule has 0 saturated heterocycles. The van der Waals surface area contributed by atoms with Crippen LogP contribution in [0, 0.1) is 10.1 Å². The molecule has 0 amide bonds. The number of nitrogens with zero attached hydrogens (tertiary/aromatic N) is 1. The van der Waals surface area contributed by atoms with Gasteiger partial charge in [-0.15, -0.1) is 0 Å². The number of nitro benzene ring substituents is 1. The van der Waals surface area contributed by atoms with Crippen LogP contribution < -0.4 is 20.1 Å². The molecule has 0 aliphatic carbocycles. The van der Waals surface area contributed by atoms with Crippen LogP contribution in [0.25, 0.3) is 0 Å². The summed E-state index contributed by atoms with van der Waals surface area (Å²) in [5.74, 6) is 1.43. The van der Waals surface area contributed by atoms with Crippen LogP contribution >= 0.6 is 12.2 Å². The molecular formula is C17H17N3O5S. The summed E-state index contributed by atoms with van der Waals surface area (Å²) in [6, 6.07) is 11.4. The van der Waals surface area contributed by atoms with E-state index >= 15 is 0 Å². The fourth-order valence-electron chi connectivity index (χ4n) is 2.42. The third-order valence-corrected chi connectivity index (χ3v) is 4.12. The number of non-ortho nitro benzene ring substituents is 1. The van der Waals surface area contributed by atoms with E-state index in [2.05, 4.69) is 10.6 Å². The minimum absolute atomic E-state index is 0.0187. The van der Waals surface area contributed by atoms with E-state index in [9.17, 15) is 15.2 Å². The van der Waals surface area contributed by atoms with Crippen molar-refractivity contribution in [1.82, 2.24) is 10.6 Å². The Hall–Kier alpha value is -2.91.